The summed E-state index contributed by atoms with van der Waals surface area (Å²) in [7, 11) is 0. The van der Waals surface area contributed by atoms with Crippen molar-refractivity contribution in [1.82, 2.24) is 0 Å². The Morgan fingerprint density at radius 3 is 2.59 bits per heavy atom. The zero-order chi connectivity index (χ0) is 13.2. The molecule has 1 aliphatic carbocycles. The fourth-order valence-electron chi connectivity index (χ4n) is 2.66. The molecule has 0 aromatic carbocycles. The minimum atomic E-state index is -0.424. The Hall–Kier alpha value is -1.05. The highest BCUT2D eigenvalue weighted by Gasteiger charge is 2.37. The molecular weight excluding hydrogens is 212 g/mol. The van der Waals surface area contributed by atoms with E-state index in [2.05, 4.69) is 26.5 Å². The second-order valence-corrected chi connectivity index (χ2v) is 5.85. The van der Waals surface area contributed by atoms with Crippen molar-refractivity contribution in [3.05, 3.63) is 23.8 Å². The van der Waals surface area contributed by atoms with Gasteiger partial charge in [0.2, 0.25) is 0 Å². The predicted octanol–water partition coefficient (Wildman–Crippen LogP) is 3.88. The SMILES string of the molecule is C=C(C)C(=O)OC(C)(C)C1CC=C(C)CC1C. The number of hydrogen-bond acceptors (Lipinski definition) is 2. The van der Waals surface area contributed by atoms with Crippen LogP contribution in [0.15, 0.2) is 23.8 Å². The number of ether oxygens (including phenoxy) is 1. The molecule has 0 saturated heterocycles. The van der Waals surface area contributed by atoms with Gasteiger partial charge in [-0.1, -0.05) is 25.2 Å². The molecule has 2 nitrogen and oxygen atoms in total. The molecule has 0 saturated carbocycles. The van der Waals surface area contributed by atoms with Gasteiger partial charge in [0.25, 0.3) is 0 Å². The van der Waals surface area contributed by atoms with Crippen molar-refractivity contribution in [3.63, 3.8) is 0 Å². The van der Waals surface area contributed by atoms with Gasteiger partial charge in [0.1, 0.15) is 5.60 Å². The summed E-state index contributed by atoms with van der Waals surface area (Å²) in [6.07, 6.45) is 4.35. The largest absolute Gasteiger partial charge is 0.456 e. The Morgan fingerprint density at radius 2 is 2.12 bits per heavy atom. The van der Waals surface area contributed by atoms with Gasteiger partial charge in [-0.05, 0) is 46.5 Å². The van der Waals surface area contributed by atoms with E-state index in [4.69, 9.17) is 4.74 Å². The van der Waals surface area contributed by atoms with E-state index in [1.165, 1.54) is 5.57 Å². The molecular formula is C15H24O2. The molecule has 0 aliphatic heterocycles. The summed E-state index contributed by atoms with van der Waals surface area (Å²) >= 11 is 0. The molecule has 1 rings (SSSR count). The molecule has 17 heavy (non-hydrogen) atoms. The number of allylic oxidation sites excluding steroid dienone is 2. The second kappa shape index (κ2) is 5.07. The third-order valence-electron chi connectivity index (χ3n) is 3.65. The van der Waals surface area contributed by atoms with E-state index in [9.17, 15) is 4.79 Å². The molecule has 0 N–H and O–H groups in total. The van der Waals surface area contributed by atoms with Gasteiger partial charge >= 0.3 is 5.97 Å². The minimum Gasteiger partial charge on any atom is -0.456 e. The number of rotatable bonds is 3. The van der Waals surface area contributed by atoms with Gasteiger partial charge in [-0.25, -0.2) is 4.79 Å². The molecule has 2 heteroatoms. The number of carbonyl (C=O) groups excluding carboxylic acids is 1. The van der Waals surface area contributed by atoms with Gasteiger partial charge in [-0.3, -0.25) is 0 Å². The third-order valence-corrected chi connectivity index (χ3v) is 3.65. The molecule has 0 heterocycles. The first kappa shape index (κ1) is 14.0. The van der Waals surface area contributed by atoms with Crippen LogP contribution in [-0.4, -0.2) is 11.6 Å². The number of carbonyl (C=O) groups is 1. The van der Waals surface area contributed by atoms with Crippen LogP contribution in [0.1, 0.15) is 47.5 Å². The average molecular weight is 236 g/mol. The monoisotopic (exact) mass is 236 g/mol. The summed E-state index contributed by atoms with van der Waals surface area (Å²) < 4.78 is 5.58. The van der Waals surface area contributed by atoms with Gasteiger partial charge in [-0.2, -0.15) is 0 Å². The smallest absolute Gasteiger partial charge is 0.333 e. The molecule has 1 aliphatic rings. The van der Waals surface area contributed by atoms with E-state index < -0.39 is 5.60 Å². The summed E-state index contributed by atoms with van der Waals surface area (Å²) in [5, 5.41) is 0. The van der Waals surface area contributed by atoms with Gasteiger partial charge in [0, 0.05) is 11.5 Å². The molecule has 2 unspecified atom stereocenters. The van der Waals surface area contributed by atoms with Crippen molar-refractivity contribution >= 4 is 5.97 Å². The van der Waals surface area contributed by atoms with Crippen LogP contribution in [0.3, 0.4) is 0 Å². The van der Waals surface area contributed by atoms with Crippen LogP contribution in [0.4, 0.5) is 0 Å². The maximum atomic E-state index is 11.6. The van der Waals surface area contributed by atoms with Crippen LogP contribution in [0.5, 0.6) is 0 Å². The van der Waals surface area contributed by atoms with Crippen LogP contribution >= 0.6 is 0 Å². The van der Waals surface area contributed by atoms with Crippen molar-refractivity contribution < 1.29 is 9.53 Å². The molecule has 0 amide bonds. The minimum absolute atomic E-state index is 0.284. The summed E-state index contributed by atoms with van der Waals surface area (Å²) in [5.74, 6) is 0.649. The Bertz CT molecular complexity index is 350. The van der Waals surface area contributed by atoms with Gasteiger partial charge in [-0.15, -0.1) is 0 Å². The van der Waals surface area contributed by atoms with Crippen molar-refractivity contribution in [1.29, 1.82) is 0 Å². The third kappa shape index (κ3) is 3.45. The van der Waals surface area contributed by atoms with E-state index >= 15 is 0 Å². The lowest BCUT2D eigenvalue weighted by atomic mass is 9.73. The first-order valence-electron chi connectivity index (χ1n) is 6.28. The summed E-state index contributed by atoms with van der Waals surface area (Å²) in [4.78, 5) is 11.6. The molecule has 0 spiro atoms. The lowest BCUT2D eigenvalue weighted by molar-refractivity contribution is -0.158. The number of hydrogen-bond donors (Lipinski definition) is 0. The predicted molar refractivity (Wildman–Crippen MR) is 70.6 cm³/mol. The molecule has 0 aromatic rings. The van der Waals surface area contributed by atoms with Crippen LogP contribution in [-0.2, 0) is 9.53 Å². The second-order valence-electron chi connectivity index (χ2n) is 5.85. The van der Waals surface area contributed by atoms with Gasteiger partial charge < -0.3 is 4.74 Å². The van der Waals surface area contributed by atoms with Gasteiger partial charge in [0.15, 0.2) is 0 Å². The summed E-state index contributed by atoms with van der Waals surface area (Å²) in [6, 6.07) is 0. The summed E-state index contributed by atoms with van der Waals surface area (Å²) in [5.41, 5.74) is 1.48. The van der Waals surface area contributed by atoms with Crippen LogP contribution in [0.25, 0.3) is 0 Å². The van der Waals surface area contributed by atoms with Crippen LogP contribution < -0.4 is 0 Å². The Kier molecular flexibility index (Phi) is 4.18. The Balaban J connectivity index is 2.76. The molecule has 0 aromatic heterocycles. The average Bonchev–Trinajstić information content (AvgIpc) is 2.15. The lowest BCUT2D eigenvalue weighted by Crippen LogP contribution is -2.41. The molecule has 0 fully saturated rings. The van der Waals surface area contributed by atoms with E-state index in [0.717, 1.165) is 12.8 Å². The zero-order valence-electron chi connectivity index (χ0n) is 11.7. The van der Waals surface area contributed by atoms with Crippen molar-refractivity contribution in [2.24, 2.45) is 11.8 Å². The van der Waals surface area contributed by atoms with E-state index in [0.29, 0.717) is 17.4 Å². The normalized spacial score (nSPS) is 25.1. The summed E-state index contributed by atoms with van der Waals surface area (Å²) in [6.45, 7) is 13.7. The van der Waals surface area contributed by atoms with E-state index in [-0.39, 0.29) is 5.97 Å². The fourth-order valence-corrected chi connectivity index (χ4v) is 2.66. The van der Waals surface area contributed by atoms with E-state index in [1.54, 1.807) is 6.92 Å². The van der Waals surface area contributed by atoms with Crippen LogP contribution in [0.2, 0.25) is 0 Å². The zero-order valence-corrected chi connectivity index (χ0v) is 11.7. The molecule has 96 valence electrons. The topological polar surface area (TPSA) is 26.3 Å². The van der Waals surface area contributed by atoms with Crippen molar-refractivity contribution in [2.75, 3.05) is 0 Å². The lowest BCUT2D eigenvalue weighted by Gasteiger charge is -2.39. The Morgan fingerprint density at radius 1 is 1.53 bits per heavy atom. The highest BCUT2D eigenvalue weighted by Crippen LogP contribution is 2.38. The van der Waals surface area contributed by atoms with Crippen LogP contribution in [0, 0.1) is 11.8 Å². The quantitative estimate of drug-likeness (QED) is 0.422. The fraction of sp³-hybridized carbons (Fsp3) is 0.667. The maximum Gasteiger partial charge on any atom is 0.333 e. The highest BCUT2D eigenvalue weighted by atomic mass is 16.6. The van der Waals surface area contributed by atoms with Crippen molar-refractivity contribution in [2.45, 2.75) is 53.1 Å². The molecule has 0 bridgehead atoms. The van der Waals surface area contributed by atoms with Gasteiger partial charge in [0.05, 0.1) is 0 Å². The van der Waals surface area contributed by atoms with E-state index in [1.807, 2.05) is 13.8 Å². The van der Waals surface area contributed by atoms with Crippen molar-refractivity contribution in [3.8, 4) is 0 Å². The molecule has 0 radical (unpaired) electrons. The molecule has 2 atom stereocenters. The first-order chi connectivity index (χ1) is 7.74. The number of esters is 1. The Labute approximate surface area is 105 Å². The first-order valence-corrected chi connectivity index (χ1v) is 6.28. The standard InChI is InChI=1S/C15H24O2/c1-10(2)14(16)17-15(5,6)13-8-7-11(3)9-12(13)4/h7,12-13H,1,8-9H2,2-6H3. The highest BCUT2D eigenvalue weighted by molar-refractivity contribution is 5.87. The maximum absolute atomic E-state index is 11.6.